The Balaban J connectivity index is 1.37. The number of alkyl halides is 3. The topological polar surface area (TPSA) is 82.6 Å². The monoisotopic (exact) mass is 524 g/mol. The van der Waals surface area contributed by atoms with E-state index in [1.54, 1.807) is 36.5 Å². The SMILES string of the molecule is O=C(Nc1cc(CN2CCN(c3ccc(S(=O)(=O)C(F)(F)F)cc3)C2)ccn1)c1cccc(Cl)c1. The normalized spacial score (nSPS) is 14.8. The second-order valence-corrected chi connectivity index (χ2v) is 10.3. The third kappa shape index (κ3) is 5.75. The quantitative estimate of drug-likeness (QED) is 0.509. The zero-order valence-corrected chi connectivity index (χ0v) is 19.7. The lowest BCUT2D eigenvalue weighted by Crippen LogP contribution is -2.25. The van der Waals surface area contributed by atoms with Crippen LogP contribution in [0.15, 0.2) is 71.8 Å². The maximum atomic E-state index is 12.7. The predicted octanol–water partition coefficient (Wildman–Crippen LogP) is 4.56. The Morgan fingerprint density at radius 3 is 2.49 bits per heavy atom. The van der Waals surface area contributed by atoms with E-state index in [1.165, 1.54) is 12.1 Å². The summed E-state index contributed by atoms with van der Waals surface area (Å²) in [6, 6.07) is 14.8. The van der Waals surface area contributed by atoms with Gasteiger partial charge in [-0.1, -0.05) is 17.7 Å². The molecule has 0 aliphatic carbocycles. The van der Waals surface area contributed by atoms with Crippen LogP contribution in [0.5, 0.6) is 0 Å². The third-order valence-electron chi connectivity index (χ3n) is 5.43. The number of pyridine rings is 1. The van der Waals surface area contributed by atoms with Crippen molar-refractivity contribution < 1.29 is 26.4 Å². The van der Waals surface area contributed by atoms with Crippen LogP contribution in [-0.4, -0.2) is 49.5 Å². The van der Waals surface area contributed by atoms with Crippen LogP contribution in [0.1, 0.15) is 15.9 Å². The van der Waals surface area contributed by atoms with Crippen molar-refractivity contribution in [3.63, 3.8) is 0 Å². The number of aromatic nitrogens is 1. The lowest BCUT2D eigenvalue weighted by Gasteiger charge is -2.20. The molecule has 0 bridgehead atoms. The molecule has 1 fully saturated rings. The Labute approximate surface area is 205 Å². The summed E-state index contributed by atoms with van der Waals surface area (Å²) in [5, 5.41) is 3.20. The highest BCUT2D eigenvalue weighted by Crippen LogP contribution is 2.31. The largest absolute Gasteiger partial charge is 0.501 e. The van der Waals surface area contributed by atoms with Crippen molar-refractivity contribution in [2.45, 2.75) is 16.9 Å². The van der Waals surface area contributed by atoms with Crippen LogP contribution < -0.4 is 10.2 Å². The molecule has 35 heavy (non-hydrogen) atoms. The minimum atomic E-state index is -5.37. The molecule has 3 aromatic rings. The first-order chi connectivity index (χ1) is 16.5. The van der Waals surface area contributed by atoms with Crippen LogP contribution in [0.4, 0.5) is 24.7 Å². The van der Waals surface area contributed by atoms with Gasteiger partial charge >= 0.3 is 5.51 Å². The molecule has 0 unspecified atom stereocenters. The van der Waals surface area contributed by atoms with Crippen molar-refractivity contribution in [2.75, 3.05) is 30.0 Å². The number of rotatable bonds is 6. The molecule has 7 nitrogen and oxygen atoms in total. The average Bonchev–Trinajstić information content (AvgIpc) is 3.27. The first-order valence-corrected chi connectivity index (χ1v) is 12.3. The molecule has 1 saturated heterocycles. The van der Waals surface area contributed by atoms with Crippen molar-refractivity contribution in [1.82, 2.24) is 9.88 Å². The molecule has 4 rings (SSSR count). The zero-order valence-electron chi connectivity index (χ0n) is 18.2. The van der Waals surface area contributed by atoms with Crippen LogP contribution in [-0.2, 0) is 16.4 Å². The summed E-state index contributed by atoms with van der Waals surface area (Å²) in [6.07, 6.45) is 1.59. The maximum Gasteiger partial charge on any atom is 0.501 e. The van der Waals surface area contributed by atoms with Crippen LogP contribution in [0, 0.1) is 0 Å². The van der Waals surface area contributed by atoms with Crippen molar-refractivity contribution in [3.05, 3.63) is 83.0 Å². The van der Waals surface area contributed by atoms with Crippen LogP contribution >= 0.6 is 11.6 Å². The fourth-order valence-electron chi connectivity index (χ4n) is 3.67. The molecule has 1 N–H and O–H groups in total. The van der Waals surface area contributed by atoms with E-state index in [-0.39, 0.29) is 5.91 Å². The summed E-state index contributed by atoms with van der Waals surface area (Å²) >= 11 is 5.94. The van der Waals surface area contributed by atoms with E-state index in [0.717, 1.165) is 17.7 Å². The summed E-state index contributed by atoms with van der Waals surface area (Å²) in [4.78, 5) is 19.9. The molecule has 0 radical (unpaired) electrons. The fraction of sp³-hybridized carbons (Fsp3) is 0.217. The van der Waals surface area contributed by atoms with E-state index >= 15 is 0 Å². The number of carbonyl (C=O) groups is 1. The number of nitrogens with zero attached hydrogens (tertiary/aromatic N) is 3. The highest BCUT2D eigenvalue weighted by Gasteiger charge is 2.46. The van der Waals surface area contributed by atoms with Gasteiger partial charge in [-0.25, -0.2) is 13.4 Å². The molecule has 0 atom stereocenters. The van der Waals surface area contributed by atoms with E-state index in [4.69, 9.17) is 11.6 Å². The minimum Gasteiger partial charge on any atom is -0.357 e. The highest BCUT2D eigenvalue weighted by molar-refractivity contribution is 7.92. The lowest BCUT2D eigenvalue weighted by atomic mass is 10.2. The molecule has 2 heterocycles. The zero-order chi connectivity index (χ0) is 25.2. The summed E-state index contributed by atoms with van der Waals surface area (Å²) in [5.74, 6) is 0.0606. The number of halogens is 4. The molecule has 12 heteroatoms. The van der Waals surface area contributed by atoms with Crippen molar-refractivity contribution in [2.24, 2.45) is 0 Å². The highest BCUT2D eigenvalue weighted by atomic mass is 35.5. The molecule has 2 aromatic carbocycles. The summed E-state index contributed by atoms with van der Waals surface area (Å²) in [7, 11) is -5.37. The van der Waals surface area contributed by atoms with Crippen molar-refractivity contribution in [3.8, 4) is 0 Å². The standard InChI is InChI=1S/C23H20ClF3N4O3S/c24-18-3-1-2-17(13-18)22(32)29-21-12-16(8-9-28-21)14-30-10-11-31(15-30)19-4-6-20(7-5-19)35(33,34)23(25,26)27/h1-9,12-13H,10-11,14-15H2,(H,28,29,32). The van der Waals surface area contributed by atoms with Gasteiger partial charge in [-0.2, -0.15) is 13.2 Å². The van der Waals surface area contributed by atoms with E-state index in [9.17, 15) is 26.4 Å². The number of carbonyl (C=O) groups excluding carboxylic acids is 1. The Morgan fingerprint density at radius 2 is 1.80 bits per heavy atom. The van der Waals surface area contributed by atoms with Gasteiger partial charge in [0.25, 0.3) is 15.7 Å². The Bertz CT molecular complexity index is 1330. The Kier molecular flexibility index (Phi) is 7.02. The summed E-state index contributed by atoms with van der Waals surface area (Å²) in [6.45, 7) is 2.36. The van der Waals surface area contributed by atoms with Crippen molar-refractivity contribution >= 4 is 38.9 Å². The van der Waals surface area contributed by atoms with Gasteiger partial charge in [0.2, 0.25) is 0 Å². The smallest absolute Gasteiger partial charge is 0.357 e. The number of amides is 1. The third-order valence-corrected chi connectivity index (χ3v) is 7.17. The van der Waals surface area contributed by atoms with Crippen LogP contribution in [0.25, 0.3) is 0 Å². The minimum absolute atomic E-state index is 0.333. The van der Waals surface area contributed by atoms with Gasteiger partial charge < -0.3 is 10.2 Å². The number of hydrogen-bond donors (Lipinski definition) is 1. The average molecular weight is 525 g/mol. The van der Waals surface area contributed by atoms with Crippen molar-refractivity contribution in [1.29, 1.82) is 0 Å². The fourth-order valence-corrected chi connectivity index (χ4v) is 4.62. The number of nitrogens with one attached hydrogen (secondary N) is 1. The molecule has 0 spiro atoms. The molecular weight excluding hydrogens is 505 g/mol. The number of sulfone groups is 1. The van der Waals surface area contributed by atoms with Gasteiger partial charge in [0.1, 0.15) is 5.82 Å². The van der Waals surface area contributed by atoms with E-state index in [2.05, 4.69) is 15.2 Å². The van der Waals surface area contributed by atoms with Gasteiger partial charge in [0.05, 0.1) is 11.6 Å². The first-order valence-electron chi connectivity index (χ1n) is 10.4. The number of hydrogen-bond acceptors (Lipinski definition) is 6. The van der Waals surface area contributed by atoms with Gasteiger partial charge in [-0.05, 0) is 60.2 Å². The van der Waals surface area contributed by atoms with E-state index in [1.807, 2.05) is 11.0 Å². The first kappa shape index (κ1) is 25.0. The van der Waals surface area contributed by atoms with E-state index < -0.39 is 20.2 Å². The second kappa shape index (κ2) is 9.84. The number of benzene rings is 2. The predicted molar refractivity (Wildman–Crippen MR) is 126 cm³/mol. The molecule has 184 valence electrons. The van der Waals surface area contributed by atoms with Crippen LogP contribution in [0.3, 0.4) is 0 Å². The molecule has 1 aromatic heterocycles. The molecule has 1 aliphatic rings. The lowest BCUT2D eigenvalue weighted by molar-refractivity contribution is -0.0436. The van der Waals surface area contributed by atoms with Crippen LogP contribution in [0.2, 0.25) is 5.02 Å². The molecule has 1 amide bonds. The van der Waals surface area contributed by atoms with Gasteiger partial charge in [-0.3, -0.25) is 9.69 Å². The second-order valence-electron chi connectivity index (χ2n) is 7.91. The van der Waals surface area contributed by atoms with Gasteiger partial charge in [0.15, 0.2) is 0 Å². The maximum absolute atomic E-state index is 12.7. The van der Waals surface area contributed by atoms with Gasteiger partial charge in [0, 0.05) is 42.1 Å². The summed E-state index contributed by atoms with van der Waals surface area (Å²) < 4.78 is 61.3. The van der Waals surface area contributed by atoms with E-state index in [0.29, 0.717) is 48.4 Å². The number of anilines is 2. The molecule has 1 aliphatic heterocycles. The van der Waals surface area contributed by atoms with Gasteiger partial charge in [-0.15, -0.1) is 0 Å². The summed E-state index contributed by atoms with van der Waals surface area (Å²) in [5.41, 5.74) is -3.39. The Morgan fingerprint density at radius 1 is 1.06 bits per heavy atom. The molecular formula is C23H20ClF3N4O3S. The molecule has 0 saturated carbocycles. The Hall–Kier alpha value is -3.15.